The summed E-state index contributed by atoms with van der Waals surface area (Å²) in [5.74, 6) is 0.166. The summed E-state index contributed by atoms with van der Waals surface area (Å²) in [6, 6.07) is 7.95. The Morgan fingerprint density at radius 2 is 1.89 bits per heavy atom. The van der Waals surface area contributed by atoms with Gasteiger partial charge in [-0.3, -0.25) is 0 Å². The molecule has 0 bridgehead atoms. The standard InChI is InChI=1S/C12H18BrNO3S/c1-18(15,16)9-7-14-6-8-17-10-11-2-4-12(13)5-3-11/h2-5,14H,6-10H2,1H3. The number of rotatable bonds is 8. The van der Waals surface area contributed by atoms with Crippen molar-refractivity contribution < 1.29 is 13.2 Å². The molecule has 0 radical (unpaired) electrons. The second kappa shape index (κ2) is 7.89. The van der Waals surface area contributed by atoms with Crippen molar-refractivity contribution in [1.29, 1.82) is 0 Å². The Hall–Kier alpha value is -0.430. The van der Waals surface area contributed by atoms with E-state index < -0.39 is 9.84 Å². The minimum absolute atomic E-state index is 0.166. The van der Waals surface area contributed by atoms with E-state index in [0.717, 1.165) is 10.0 Å². The van der Waals surface area contributed by atoms with Crippen LogP contribution in [0.3, 0.4) is 0 Å². The number of hydrogen-bond acceptors (Lipinski definition) is 4. The predicted molar refractivity (Wildman–Crippen MR) is 76.4 cm³/mol. The molecule has 0 aliphatic carbocycles. The molecule has 0 fully saturated rings. The van der Waals surface area contributed by atoms with Crippen molar-refractivity contribution in [2.45, 2.75) is 6.61 Å². The molecule has 18 heavy (non-hydrogen) atoms. The minimum Gasteiger partial charge on any atom is -0.375 e. The van der Waals surface area contributed by atoms with Crippen LogP contribution in [-0.4, -0.2) is 40.1 Å². The van der Waals surface area contributed by atoms with Gasteiger partial charge in [-0.05, 0) is 17.7 Å². The van der Waals surface area contributed by atoms with E-state index in [9.17, 15) is 8.42 Å². The molecule has 0 spiro atoms. The fourth-order valence-electron chi connectivity index (χ4n) is 1.30. The van der Waals surface area contributed by atoms with Gasteiger partial charge in [-0.2, -0.15) is 0 Å². The summed E-state index contributed by atoms with van der Waals surface area (Å²) in [5, 5.41) is 3.03. The lowest BCUT2D eigenvalue weighted by atomic mass is 10.2. The third-order valence-corrected chi connectivity index (χ3v) is 3.73. The number of sulfone groups is 1. The van der Waals surface area contributed by atoms with Crippen molar-refractivity contribution >= 4 is 25.8 Å². The quantitative estimate of drug-likeness (QED) is 0.733. The fraction of sp³-hybridized carbons (Fsp3) is 0.500. The highest BCUT2D eigenvalue weighted by Crippen LogP contribution is 2.10. The van der Waals surface area contributed by atoms with Crippen molar-refractivity contribution in [2.75, 3.05) is 31.7 Å². The molecule has 0 aliphatic heterocycles. The van der Waals surface area contributed by atoms with Crippen LogP contribution >= 0.6 is 15.9 Å². The van der Waals surface area contributed by atoms with Gasteiger partial charge in [0, 0.05) is 23.8 Å². The van der Waals surface area contributed by atoms with E-state index in [1.54, 1.807) is 0 Å². The Bertz CT molecular complexity index is 445. The van der Waals surface area contributed by atoms with Gasteiger partial charge in [-0.1, -0.05) is 28.1 Å². The largest absolute Gasteiger partial charge is 0.375 e. The van der Waals surface area contributed by atoms with Crippen LogP contribution in [0.15, 0.2) is 28.7 Å². The third-order valence-electron chi connectivity index (χ3n) is 2.25. The molecule has 0 atom stereocenters. The molecule has 0 heterocycles. The smallest absolute Gasteiger partial charge is 0.148 e. The second-order valence-electron chi connectivity index (χ2n) is 4.06. The summed E-state index contributed by atoms with van der Waals surface area (Å²) in [5.41, 5.74) is 1.12. The number of nitrogens with one attached hydrogen (secondary N) is 1. The molecule has 1 N–H and O–H groups in total. The third kappa shape index (κ3) is 7.81. The molecule has 6 heteroatoms. The van der Waals surface area contributed by atoms with Gasteiger partial charge in [0.2, 0.25) is 0 Å². The topological polar surface area (TPSA) is 55.4 Å². The van der Waals surface area contributed by atoms with Crippen molar-refractivity contribution in [3.63, 3.8) is 0 Å². The zero-order chi connectivity index (χ0) is 13.4. The summed E-state index contributed by atoms with van der Waals surface area (Å²) in [6.07, 6.45) is 1.23. The molecule has 1 rings (SSSR count). The Kier molecular flexibility index (Phi) is 6.85. The molecule has 1 aromatic rings. The van der Waals surface area contributed by atoms with Crippen LogP contribution < -0.4 is 5.32 Å². The van der Waals surface area contributed by atoms with Gasteiger partial charge in [-0.15, -0.1) is 0 Å². The van der Waals surface area contributed by atoms with E-state index in [-0.39, 0.29) is 5.75 Å². The van der Waals surface area contributed by atoms with Crippen molar-refractivity contribution in [2.24, 2.45) is 0 Å². The van der Waals surface area contributed by atoms with Gasteiger partial charge >= 0.3 is 0 Å². The van der Waals surface area contributed by atoms with E-state index >= 15 is 0 Å². The van der Waals surface area contributed by atoms with Crippen LogP contribution in [0.4, 0.5) is 0 Å². The van der Waals surface area contributed by atoms with E-state index in [1.807, 2.05) is 24.3 Å². The first-order valence-corrected chi connectivity index (χ1v) is 8.53. The first-order chi connectivity index (χ1) is 8.47. The SMILES string of the molecule is CS(=O)(=O)CCNCCOCc1ccc(Br)cc1. The summed E-state index contributed by atoms with van der Waals surface area (Å²) < 4.78 is 28.2. The second-order valence-corrected chi connectivity index (χ2v) is 7.23. The van der Waals surface area contributed by atoms with Crippen LogP contribution in [0.25, 0.3) is 0 Å². The van der Waals surface area contributed by atoms with Crippen LogP contribution in [0, 0.1) is 0 Å². The minimum atomic E-state index is -2.87. The highest BCUT2D eigenvalue weighted by atomic mass is 79.9. The lowest BCUT2D eigenvalue weighted by molar-refractivity contribution is 0.123. The van der Waals surface area contributed by atoms with Gasteiger partial charge in [0.1, 0.15) is 9.84 Å². The zero-order valence-corrected chi connectivity index (χ0v) is 12.8. The Balaban J connectivity index is 2.04. The molecule has 1 aromatic carbocycles. The van der Waals surface area contributed by atoms with Crippen LogP contribution in [0.5, 0.6) is 0 Å². The molecule has 0 amide bonds. The zero-order valence-electron chi connectivity index (χ0n) is 10.4. The van der Waals surface area contributed by atoms with Gasteiger partial charge in [0.25, 0.3) is 0 Å². The van der Waals surface area contributed by atoms with E-state index in [1.165, 1.54) is 6.26 Å². The van der Waals surface area contributed by atoms with E-state index in [0.29, 0.717) is 26.3 Å². The number of halogens is 1. The lowest BCUT2D eigenvalue weighted by Gasteiger charge is -2.06. The van der Waals surface area contributed by atoms with Crippen molar-refractivity contribution in [3.8, 4) is 0 Å². The Morgan fingerprint density at radius 3 is 2.50 bits per heavy atom. The fourth-order valence-corrected chi connectivity index (χ4v) is 2.08. The first-order valence-electron chi connectivity index (χ1n) is 5.68. The molecule has 0 aliphatic rings. The summed E-state index contributed by atoms with van der Waals surface area (Å²) in [7, 11) is -2.87. The van der Waals surface area contributed by atoms with Crippen molar-refractivity contribution in [1.82, 2.24) is 5.32 Å². The molecule has 0 saturated heterocycles. The average molecular weight is 336 g/mol. The van der Waals surface area contributed by atoms with Crippen LogP contribution in [-0.2, 0) is 21.2 Å². The number of ether oxygens (including phenoxy) is 1. The van der Waals surface area contributed by atoms with E-state index in [2.05, 4.69) is 21.2 Å². The highest BCUT2D eigenvalue weighted by Gasteiger charge is 2.00. The van der Waals surface area contributed by atoms with Gasteiger partial charge in [-0.25, -0.2) is 8.42 Å². The Labute approximate surface area is 117 Å². The maximum absolute atomic E-state index is 10.9. The van der Waals surface area contributed by atoms with Crippen LogP contribution in [0.1, 0.15) is 5.56 Å². The van der Waals surface area contributed by atoms with E-state index in [4.69, 9.17) is 4.74 Å². The molecule has 0 unspecified atom stereocenters. The summed E-state index contributed by atoms with van der Waals surface area (Å²) in [6.45, 7) is 2.27. The van der Waals surface area contributed by atoms with Gasteiger partial charge < -0.3 is 10.1 Å². The lowest BCUT2D eigenvalue weighted by Crippen LogP contribution is -2.25. The van der Waals surface area contributed by atoms with Crippen LogP contribution in [0.2, 0.25) is 0 Å². The Morgan fingerprint density at radius 1 is 1.22 bits per heavy atom. The molecule has 4 nitrogen and oxygen atoms in total. The maximum Gasteiger partial charge on any atom is 0.148 e. The van der Waals surface area contributed by atoms with Gasteiger partial charge in [0.05, 0.1) is 19.0 Å². The summed E-state index contributed by atoms with van der Waals surface area (Å²) >= 11 is 3.37. The maximum atomic E-state index is 10.9. The number of hydrogen-bond donors (Lipinski definition) is 1. The normalized spacial score (nSPS) is 11.7. The van der Waals surface area contributed by atoms with Crippen molar-refractivity contribution in [3.05, 3.63) is 34.3 Å². The summed E-state index contributed by atoms with van der Waals surface area (Å²) in [4.78, 5) is 0. The molecule has 102 valence electrons. The number of benzene rings is 1. The molecule has 0 saturated carbocycles. The average Bonchev–Trinajstić information content (AvgIpc) is 2.29. The molecular formula is C12H18BrNO3S. The monoisotopic (exact) mass is 335 g/mol. The first kappa shape index (κ1) is 15.6. The highest BCUT2D eigenvalue weighted by molar-refractivity contribution is 9.10. The predicted octanol–water partition coefficient (Wildman–Crippen LogP) is 1.60. The van der Waals surface area contributed by atoms with Gasteiger partial charge in [0.15, 0.2) is 0 Å². The molecular weight excluding hydrogens is 318 g/mol. The molecule has 0 aromatic heterocycles.